The molecule has 74 valence electrons. The number of thiophene rings is 1. The first-order valence-corrected chi connectivity index (χ1v) is 4.54. The van der Waals surface area contributed by atoms with Crippen molar-refractivity contribution in [2.75, 3.05) is 6.61 Å². The lowest BCUT2D eigenvalue weighted by Crippen LogP contribution is -2.00. The molecule has 0 saturated carbocycles. The Morgan fingerprint density at radius 3 is 2.46 bits per heavy atom. The molecule has 0 bridgehead atoms. The molecule has 0 radical (unpaired) electrons. The second kappa shape index (κ2) is 3.67. The maximum absolute atomic E-state index is 12.1. The van der Waals surface area contributed by atoms with Crippen molar-refractivity contribution < 1.29 is 18.3 Å². The topological polar surface area (TPSA) is 20.2 Å². The molecule has 0 aliphatic heterocycles. The smallest absolute Gasteiger partial charge is 0.396 e. The van der Waals surface area contributed by atoms with E-state index in [2.05, 4.69) is 0 Å². The van der Waals surface area contributed by atoms with Crippen molar-refractivity contribution in [3.8, 4) is 0 Å². The van der Waals surface area contributed by atoms with Crippen molar-refractivity contribution in [2.45, 2.75) is 19.0 Å². The highest BCUT2D eigenvalue weighted by Gasteiger charge is 2.32. The molecular formula is C8H9F3OS. The van der Waals surface area contributed by atoms with E-state index in [9.17, 15) is 13.2 Å². The minimum Gasteiger partial charge on any atom is -0.396 e. The highest BCUT2D eigenvalue weighted by Crippen LogP contribution is 2.36. The molecule has 1 N–H and O–H groups in total. The fourth-order valence-corrected chi connectivity index (χ4v) is 1.78. The Hall–Kier alpha value is -0.550. The van der Waals surface area contributed by atoms with E-state index in [4.69, 9.17) is 5.11 Å². The number of alkyl halides is 3. The van der Waals surface area contributed by atoms with Crippen LogP contribution in [0, 0.1) is 0 Å². The fraction of sp³-hybridized carbons (Fsp3) is 0.500. The summed E-state index contributed by atoms with van der Waals surface area (Å²) in [6, 6.07) is 2.46. The van der Waals surface area contributed by atoms with Gasteiger partial charge in [-0.3, -0.25) is 0 Å². The monoisotopic (exact) mass is 210 g/mol. The number of rotatable bonds is 2. The number of halogens is 3. The maximum atomic E-state index is 12.1. The van der Waals surface area contributed by atoms with Gasteiger partial charge in [0.05, 0.1) is 6.61 Å². The number of hydrogen-bond donors (Lipinski definition) is 1. The number of hydrogen-bond acceptors (Lipinski definition) is 2. The summed E-state index contributed by atoms with van der Waals surface area (Å²) in [4.78, 5) is -0.0439. The Bertz CT molecular complexity index is 279. The summed E-state index contributed by atoms with van der Waals surface area (Å²) < 4.78 is 36.3. The minimum absolute atomic E-state index is 0.127. The highest BCUT2D eigenvalue weighted by atomic mass is 32.1. The number of aliphatic hydroxyl groups is 1. The molecule has 0 aliphatic carbocycles. The molecule has 1 rings (SSSR count). The molecule has 5 heteroatoms. The van der Waals surface area contributed by atoms with Crippen LogP contribution in [0.2, 0.25) is 0 Å². The summed E-state index contributed by atoms with van der Waals surface area (Å²) >= 11 is 0.687. The average molecular weight is 210 g/mol. The van der Waals surface area contributed by atoms with Gasteiger partial charge in [-0.1, -0.05) is 6.92 Å². The van der Waals surface area contributed by atoms with E-state index in [-0.39, 0.29) is 12.5 Å². The average Bonchev–Trinajstić information content (AvgIpc) is 2.50. The predicted molar refractivity (Wildman–Crippen MR) is 44.8 cm³/mol. The van der Waals surface area contributed by atoms with E-state index in [1.165, 1.54) is 6.07 Å². The summed E-state index contributed by atoms with van der Waals surface area (Å²) in [5.41, 5.74) is 0. The second-order valence-corrected chi connectivity index (χ2v) is 3.90. The lowest BCUT2D eigenvalue weighted by Gasteiger charge is -2.04. The van der Waals surface area contributed by atoms with Gasteiger partial charge in [-0.15, -0.1) is 11.3 Å². The van der Waals surface area contributed by atoms with E-state index >= 15 is 0 Å². The molecule has 1 heterocycles. The summed E-state index contributed by atoms with van der Waals surface area (Å²) in [6.45, 7) is 1.56. The van der Waals surface area contributed by atoms with Gasteiger partial charge in [0.25, 0.3) is 0 Å². The Balaban J connectivity index is 2.87. The van der Waals surface area contributed by atoms with Crippen LogP contribution in [0.3, 0.4) is 0 Å². The Morgan fingerprint density at radius 1 is 1.46 bits per heavy atom. The Morgan fingerprint density at radius 2 is 2.08 bits per heavy atom. The van der Waals surface area contributed by atoms with Crippen molar-refractivity contribution in [1.82, 2.24) is 0 Å². The lowest BCUT2D eigenvalue weighted by atomic mass is 10.1. The van der Waals surface area contributed by atoms with Crippen molar-refractivity contribution >= 4 is 11.3 Å². The van der Waals surface area contributed by atoms with Crippen LogP contribution in [0.1, 0.15) is 22.6 Å². The van der Waals surface area contributed by atoms with Gasteiger partial charge in [0.1, 0.15) is 4.88 Å². The molecular weight excluding hydrogens is 201 g/mol. The zero-order chi connectivity index (χ0) is 10.1. The first kappa shape index (κ1) is 10.5. The van der Waals surface area contributed by atoms with Gasteiger partial charge >= 0.3 is 6.18 Å². The lowest BCUT2D eigenvalue weighted by molar-refractivity contribution is -0.134. The summed E-state index contributed by atoms with van der Waals surface area (Å²) in [5, 5.41) is 8.73. The van der Waals surface area contributed by atoms with Crippen LogP contribution in [-0.2, 0) is 6.18 Å². The van der Waals surface area contributed by atoms with E-state index in [0.29, 0.717) is 16.2 Å². The standard InChI is InChI=1S/C8H9F3OS/c1-5(4-12)6-2-3-7(13-6)8(9,10)11/h2-3,5,12H,4H2,1H3. The Kier molecular flexibility index (Phi) is 2.98. The molecule has 1 aromatic heterocycles. The third-order valence-electron chi connectivity index (χ3n) is 1.67. The van der Waals surface area contributed by atoms with Gasteiger partial charge in [-0.25, -0.2) is 0 Å². The van der Waals surface area contributed by atoms with Gasteiger partial charge < -0.3 is 5.11 Å². The van der Waals surface area contributed by atoms with Gasteiger partial charge in [-0.05, 0) is 12.1 Å². The van der Waals surface area contributed by atoms with Gasteiger partial charge in [0, 0.05) is 10.8 Å². The molecule has 13 heavy (non-hydrogen) atoms. The van der Waals surface area contributed by atoms with Crippen molar-refractivity contribution in [2.24, 2.45) is 0 Å². The van der Waals surface area contributed by atoms with Gasteiger partial charge in [-0.2, -0.15) is 13.2 Å². The SMILES string of the molecule is CC(CO)c1ccc(C(F)(F)F)s1. The molecule has 1 nitrogen and oxygen atoms in total. The van der Waals surface area contributed by atoms with Crippen molar-refractivity contribution in [3.63, 3.8) is 0 Å². The third-order valence-corrected chi connectivity index (χ3v) is 3.03. The van der Waals surface area contributed by atoms with Gasteiger partial charge in [0.15, 0.2) is 0 Å². The van der Waals surface area contributed by atoms with Crippen LogP contribution < -0.4 is 0 Å². The largest absolute Gasteiger partial charge is 0.425 e. The summed E-state index contributed by atoms with van der Waals surface area (Å²) in [7, 11) is 0. The highest BCUT2D eigenvalue weighted by molar-refractivity contribution is 7.12. The quantitative estimate of drug-likeness (QED) is 0.795. The normalized spacial score (nSPS) is 14.5. The summed E-state index contributed by atoms with van der Waals surface area (Å²) in [5.74, 6) is -0.221. The molecule has 0 fully saturated rings. The molecule has 1 atom stereocenters. The van der Waals surface area contributed by atoms with E-state index in [1.54, 1.807) is 6.92 Å². The van der Waals surface area contributed by atoms with Gasteiger partial charge in [0.2, 0.25) is 0 Å². The van der Waals surface area contributed by atoms with E-state index in [1.807, 2.05) is 0 Å². The molecule has 0 spiro atoms. The second-order valence-electron chi connectivity index (χ2n) is 2.78. The van der Waals surface area contributed by atoms with Crippen LogP contribution in [0.25, 0.3) is 0 Å². The van der Waals surface area contributed by atoms with Crippen LogP contribution in [0.4, 0.5) is 13.2 Å². The molecule has 0 aliphatic rings. The van der Waals surface area contributed by atoms with Crippen LogP contribution in [0.15, 0.2) is 12.1 Å². The molecule has 1 aromatic rings. The third kappa shape index (κ3) is 2.45. The predicted octanol–water partition coefficient (Wildman–Crippen LogP) is 2.86. The molecule has 0 aromatic carbocycles. The first-order valence-electron chi connectivity index (χ1n) is 3.73. The molecule has 0 saturated heterocycles. The Labute approximate surface area is 77.8 Å². The van der Waals surface area contributed by atoms with Crippen LogP contribution in [0.5, 0.6) is 0 Å². The molecule has 1 unspecified atom stereocenters. The van der Waals surface area contributed by atoms with Crippen LogP contribution in [-0.4, -0.2) is 11.7 Å². The number of aliphatic hydroxyl groups excluding tert-OH is 1. The maximum Gasteiger partial charge on any atom is 0.425 e. The summed E-state index contributed by atoms with van der Waals surface area (Å²) in [6.07, 6.45) is -4.27. The molecule has 0 amide bonds. The fourth-order valence-electron chi connectivity index (χ4n) is 0.860. The van der Waals surface area contributed by atoms with E-state index in [0.717, 1.165) is 6.07 Å². The zero-order valence-corrected chi connectivity index (χ0v) is 7.75. The zero-order valence-electron chi connectivity index (χ0n) is 6.93. The van der Waals surface area contributed by atoms with Crippen molar-refractivity contribution in [3.05, 3.63) is 21.9 Å². The van der Waals surface area contributed by atoms with Crippen LogP contribution >= 0.6 is 11.3 Å². The minimum atomic E-state index is -4.27. The first-order chi connectivity index (χ1) is 5.95. The van der Waals surface area contributed by atoms with E-state index < -0.39 is 11.1 Å². The van der Waals surface area contributed by atoms with Crippen molar-refractivity contribution in [1.29, 1.82) is 0 Å².